The number of benzene rings is 1. The minimum Gasteiger partial charge on any atom is -0.383 e. The van der Waals surface area contributed by atoms with Crippen molar-refractivity contribution >= 4 is 32.8 Å². The van der Waals surface area contributed by atoms with Gasteiger partial charge in [0.15, 0.2) is 5.65 Å². The van der Waals surface area contributed by atoms with Crippen LogP contribution in [-0.2, 0) is 0 Å². The smallest absolute Gasteiger partial charge is 0.150 e. The predicted molar refractivity (Wildman–Crippen MR) is 89.9 cm³/mol. The fourth-order valence-corrected chi connectivity index (χ4v) is 2.94. The molecule has 2 heterocycles. The number of fused-ring (bicyclic) bond motifs is 1. The van der Waals surface area contributed by atoms with Gasteiger partial charge in [-0.25, -0.2) is 9.97 Å². The summed E-state index contributed by atoms with van der Waals surface area (Å²) in [5, 5.41) is 0.943. The number of hydrogen-bond donors (Lipinski definition) is 1. The Morgan fingerprint density at radius 3 is 2.48 bits per heavy atom. The molecule has 3 aromatic rings. The van der Waals surface area contributed by atoms with E-state index in [-0.39, 0.29) is 0 Å². The summed E-state index contributed by atoms with van der Waals surface area (Å²) in [4.78, 5) is 8.89. The highest BCUT2D eigenvalue weighted by Gasteiger charge is 2.17. The second-order valence-electron chi connectivity index (χ2n) is 5.33. The Balaban J connectivity index is 2.42. The van der Waals surface area contributed by atoms with Gasteiger partial charge in [-0.2, -0.15) is 0 Å². The summed E-state index contributed by atoms with van der Waals surface area (Å²) in [6.07, 6.45) is 0. The van der Waals surface area contributed by atoms with E-state index in [0.717, 1.165) is 32.5 Å². The minimum atomic E-state index is 0.547. The molecule has 0 aliphatic carbocycles. The third kappa shape index (κ3) is 2.12. The molecule has 0 amide bonds. The molecule has 2 aromatic heterocycles. The summed E-state index contributed by atoms with van der Waals surface area (Å²) >= 11 is 3.54. The van der Waals surface area contributed by atoms with E-state index in [0.29, 0.717) is 11.6 Å². The first-order valence-electron chi connectivity index (χ1n) is 6.78. The lowest BCUT2D eigenvalue weighted by atomic mass is 10.2. The van der Waals surface area contributed by atoms with Crippen LogP contribution < -0.4 is 5.73 Å². The van der Waals surface area contributed by atoms with Crippen molar-refractivity contribution < 1.29 is 0 Å². The standard InChI is InChI=1S/C16H17BrN4/c1-8-7-12(5-6-13(8)17)21-10(3)9(2)14-15(18)19-11(4)20-16(14)21/h5-7H,1-4H3,(H2,18,19,20). The lowest BCUT2D eigenvalue weighted by molar-refractivity contribution is 0.993. The number of aryl methyl sites for hydroxylation is 3. The lowest BCUT2D eigenvalue weighted by Gasteiger charge is -2.10. The monoisotopic (exact) mass is 344 g/mol. The molecule has 0 spiro atoms. The molecule has 0 saturated heterocycles. The third-order valence-corrected chi connectivity index (χ3v) is 4.78. The topological polar surface area (TPSA) is 56.7 Å². The minimum absolute atomic E-state index is 0.547. The van der Waals surface area contributed by atoms with E-state index in [2.05, 4.69) is 69.4 Å². The van der Waals surface area contributed by atoms with Crippen LogP contribution in [0.1, 0.15) is 22.6 Å². The molecule has 21 heavy (non-hydrogen) atoms. The second-order valence-corrected chi connectivity index (χ2v) is 6.19. The third-order valence-electron chi connectivity index (χ3n) is 3.89. The van der Waals surface area contributed by atoms with Gasteiger partial charge in [-0.05, 0) is 57.0 Å². The van der Waals surface area contributed by atoms with E-state index in [9.17, 15) is 0 Å². The van der Waals surface area contributed by atoms with E-state index in [1.807, 2.05) is 6.92 Å². The number of nitrogen functional groups attached to an aromatic ring is 1. The molecule has 0 fully saturated rings. The van der Waals surface area contributed by atoms with Crippen LogP contribution in [-0.4, -0.2) is 14.5 Å². The zero-order valence-electron chi connectivity index (χ0n) is 12.5. The summed E-state index contributed by atoms with van der Waals surface area (Å²) < 4.78 is 3.25. The Morgan fingerprint density at radius 2 is 1.81 bits per heavy atom. The van der Waals surface area contributed by atoms with Gasteiger partial charge in [0, 0.05) is 15.9 Å². The number of rotatable bonds is 1. The van der Waals surface area contributed by atoms with Gasteiger partial charge in [0.1, 0.15) is 11.6 Å². The van der Waals surface area contributed by atoms with Crippen LogP contribution in [0.2, 0.25) is 0 Å². The molecular formula is C16H17BrN4. The van der Waals surface area contributed by atoms with Crippen molar-refractivity contribution in [3.8, 4) is 5.69 Å². The van der Waals surface area contributed by atoms with E-state index in [1.54, 1.807) is 0 Å². The number of hydrogen-bond acceptors (Lipinski definition) is 3. The van der Waals surface area contributed by atoms with Crippen LogP contribution in [0.25, 0.3) is 16.7 Å². The van der Waals surface area contributed by atoms with Gasteiger partial charge >= 0.3 is 0 Å². The molecule has 0 unspecified atom stereocenters. The summed E-state index contributed by atoms with van der Waals surface area (Å²) in [6, 6.07) is 6.28. The van der Waals surface area contributed by atoms with Crippen molar-refractivity contribution in [2.45, 2.75) is 27.7 Å². The normalized spacial score (nSPS) is 11.3. The predicted octanol–water partition coefficient (Wildman–Crippen LogP) is 4.00. The van der Waals surface area contributed by atoms with Gasteiger partial charge in [-0.15, -0.1) is 0 Å². The van der Waals surface area contributed by atoms with Crippen LogP contribution in [0.5, 0.6) is 0 Å². The average Bonchev–Trinajstić information content (AvgIpc) is 2.65. The van der Waals surface area contributed by atoms with Crippen molar-refractivity contribution in [3.05, 3.63) is 45.3 Å². The zero-order valence-corrected chi connectivity index (χ0v) is 14.1. The van der Waals surface area contributed by atoms with Crippen molar-refractivity contribution in [2.24, 2.45) is 0 Å². The van der Waals surface area contributed by atoms with Crippen LogP contribution in [0.15, 0.2) is 22.7 Å². The van der Waals surface area contributed by atoms with E-state index in [4.69, 9.17) is 5.73 Å². The summed E-state index contributed by atoms with van der Waals surface area (Å²) in [5.74, 6) is 1.23. The SMILES string of the molecule is Cc1nc(N)c2c(C)c(C)n(-c3ccc(Br)c(C)c3)c2n1. The van der Waals surface area contributed by atoms with Gasteiger partial charge < -0.3 is 5.73 Å². The maximum atomic E-state index is 6.10. The molecule has 0 atom stereocenters. The molecule has 5 heteroatoms. The van der Waals surface area contributed by atoms with Crippen LogP contribution in [0, 0.1) is 27.7 Å². The lowest BCUT2D eigenvalue weighted by Crippen LogP contribution is -2.01. The maximum absolute atomic E-state index is 6.10. The Morgan fingerprint density at radius 1 is 1.10 bits per heavy atom. The number of nitrogens with zero attached hydrogens (tertiary/aromatic N) is 3. The first kappa shape index (κ1) is 14.1. The van der Waals surface area contributed by atoms with Crippen LogP contribution in [0.3, 0.4) is 0 Å². The Hall–Kier alpha value is -1.88. The number of nitrogens with two attached hydrogens (primary N) is 1. The van der Waals surface area contributed by atoms with Gasteiger partial charge in [0.05, 0.1) is 5.39 Å². The molecule has 0 radical (unpaired) electrons. The maximum Gasteiger partial charge on any atom is 0.150 e. The van der Waals surface area contributed by atoms with E-state index in [1.165, 1.54) is 5.56 Å². The number of halogens is 1. The van der Waals surface area contributed by atoms with Crippen LogP contribution >= 0.6 is 15.9 Å². The van der Waals surface area contributed by atoms with Gasteiger partial charge in [-0.1, -0.05) is 15.9 Å². The van der Waals surface area contributed by atoms with Gasteiger partial charge in [0.25, 0.3) is 0 Å². The molecule has 0 aliphatic rings. The van der Waals surface area contributed by atoms with Gasteiger partial charge in [0.2, 0.25) is 0 Å². The number of anilines is 1. The average molecular weight is 345 g/mol. The molecule has 2 N–H and O–H groups in total. The highest BCUT2D eigenvalue weighted by atomic mass is 79.9. The quantitative estimate of drug-likeness (QED) is 0.725. The molecule has 0 saturated carbocycles. The van der Waals surface area contributed by atoms with Gasteiger partial charge in [-0.3, -0.25) is 4.57 Å². The van der Waals surface area contributed by atoms with Crippen molar-refractivity contribution in [1.29, 1.82) is 0 Å². The molecule has 108 valence electrons. The van der Waals surface area contributed by atoms with E-state index >= 15 is 0 Å². The first-order chi connectivity index (χ1) is 9.90. The summed E-state index contributed by atoms with van der Waals surface area (Å²) in [7, 11) is 0. The Labute approximate surface area is 132 Å². The second kappa shape index (κ2) is 4.84. The van der Waals surface area contributed by atoms with Crippen LogP contribution in [0.4, 0.5) is 5.82 Å². The first-order valence-corrected chi connectivity index (χ1v) is 7.57. The Kier molecular flexibility index (Phi) is 3.24. The van der Waals surface area contributed by atoms with Crippen molar-refractivity contribution in [1.82, 2.24) is 14.5 Å². The molecule has 1 aromatic carbocycles. The zero-order chi connectivity index (χ0) is 15.3. The largest absolute Gasteiger partial charge is 0.383 e. The van der Waals surface area contributed by atoms with Crippen molar-refractivity contribution in [2.75, 3.05) is 5.73 Å². The fourth-order valence-electron chi connectivity index (χ4n) is 2.69. The Bertz CT molecular complexity index is 865. The number of aromatic nitrogens is 3. The highest BCUT2D eigenvalue weighted by Crippen LogP contribution is 2.31. The molecule has 3 rings (SSSR count). The summed E-state index contributed by atoms with van der Waals surface area (Å²) in [5.41, 5.74) is 11.5. The summed E-state index contributed by atoms with van der Waals surface area (Å²) in [6.45, 7) is 8.10. The molecular weight excluding hydrogens is 328 g/mol. The molecule has 4 nitrogen and oxygen atoms in total. The molecule has 0 bridgehead atoms. The van der Waals surface area contributed by atoms with E-state index < -0.39 is 0 Å². The molecule has 0 aliphatic heterocycles. The van der Waals surface area contributed by atoms with Crippen molar-refractivity contribution in [3.63, 3.8) is 0 Å². The highest BCUT2D eigenvalue weighted by molar-refractivity contribution is 9.10. The fraction of sp³-hybridized carbons (Fsp3) is 0.250.